The summed E-state index contributed by atoms with van der Waals surface area (Å²) in [6, 6.07) is 7.91. The van der Waals surface area contributed by atoms with E-state index in [-0.39, 0.29) is 0 Å². The van der Waals surface area contributed by atoms with Gasteiger partial charge in [-0.3, -0.25) is 9.98 Å². The third kappa shape index (κ3) is 3.86. The molecule has 0 unspecified atom stereocenters. The van der Waals surface area contributed by atoms with Crippen molar-refractivity contribution in [2.45, 2.75) is 20.8 Å². The van der Waals surface area contributed by atoms with Crippen LogP contribution in [0.2, 0.25) is 0 Å². The van der Waals surface area contributed by atoms with Crippen LogP contribution in [0.5, 0.6) is 0 Å². The van der Waals surface area contributed by atoms with Crippen LogP contribution in [0.1, 0.15) is 26.3 Å². The van der Waals surface area contributed by atoms with Gasteiger partial charge in [0.1, 0.15) is 0 Å². The predicted molar refractivity (Wildman–Crippen MR) is 97.9 cm³/mol. The van der Waals surface area contributed by atoms with Gasteiger partial charge >= 0.3 is 0 Å². The van der Waals surface area contributed by atoms with Crippen molar-refractivity contribution < 1.29 is 0 Å². The standard InChI is InChI=1S/C19H20N4/c1-4-17-18(5-2)23-19(13-22-17)15-9-7-14(8-10-15)16(11-20)12-21-6-3/h4-13,20H,1-3H3/b16-12+,17-4+,18-5+,20-11?,21-6?. The molecule has 2 aromatic rings. The summed E-state index contributed by atoms with van der Waals surface area (Å²) >= 11 is 0. The van der Waals surface area contributed by atoms with Gasteiger partial charge < -0.3 is 5.41 Å². The molecule has 0 atom stereocenters. The molecule has 0 aliphatic heterocycles. The number of rotatable bonds is 4. The largest absolute Gasteiger partial charge is 0.308 e. The second kappa shape index (κ2) is 7.94. The van der Waals surface area contributed by atoms with Crippen molar-refractivity contribution in [3.63, 3.8) is 0 Å². The minimum absolute atomic E-state index is 0.763. The van der Waals surface area contributed by atoms with E-state index in [9.17, 15) is 0 Å². The Morgan fingerprint density at radius 3 is 2.30 bits per heavy atom. The second-order valence-electron chi connectivity index (χ2n) is 4.82. The molecule has 1 aromatic carbocycles. The molecule has 4 nitrogen and oxygen atoms in total. The maximum absolute atomic E-state index is 7.49. The van der Waals surface area contributed by atoms with Gasteiger partial charge in [0.15, 0.2) is 0 Å². The third-order valence-electron chi connectivity index (χ3n) is 3.41. The summed E-state index contributed by atoms with van der Waals surface area (Å²) in [5.74, 6) is 0. The molecule has 0 spiro atoms. The Hall–Kier alpha value is -2.88. The maximum Gasteiger partial charge on any atom is 0.0892 e. The summed E-state index contributed by atoms with van der Waals surface area (Å²) in [6.07, 6.45) is 10.4. The van der Waals surface area contributed by atoms with Gasteiger partial charge in [0, 0.05) is 29.8 Å². The molecule has 1 aromatic heterocycles. The average Bonchev–Trinajstić information content (AvgIpc) is 2.62. The van der Waals surface area contributed by atoms with Crippen LogP contribution in [0.25, 0.3) is 29.0 Å². The maximum atomic E-state index is 7.49. The lowest BCUT2D eigenvalue weighted by molar-refractivity contribution is 1.10. The first-order chi connectivity index (χ1) is 11.2. The summed E-state index contributed by atoms with van der Waals surface area (Å²) in [5.41, 5.74) is 3.54. The van der Waals surface area contributed by atoms with Gasteiger partial charge in [0.05, 0.1) is 22.6 Å². The molecule has 1 N–H and O–H groups in total. The van der Waals surface area contributed by atoms with E-state index in [1.165, 1.54) is 6.21 Å². The number of nitrogens with zero attached hydrogens (tertiary/aromatic N) is 3. The highest BCUT2D eigenvalue weighted by molar-refractivity contribution is 6.08. The predicted octanol–water partition coefficient (Wildman–Crippen LogP) is 2.83. The van der Waals surface area contributed by atoms with E-state index in [2.05, 4.69) is 15.0 Å². The summed E-state index contributed by atoms with van der Waals surface area (Å²) < 4.78 is 0. The zero-order valence-electron chi connectivity index (χ0n) is 13.6. The number of hydrogen-bond donors (Lipinski definition) is 1. The molecule has 116 valence electrons. The lowest BCUT2D eigenvalue weighted by Gasteiger charge is -2.04. The Morgan fingerprint density at radius 2 is 1.74 bits per heavy atom. The number of hydrogen-bond acceptors (Lipinski definition) is 4. The summed E-state index contributed by atoms with van der Waals surface area (Å²) in [6.45, 7) is 5.76. The van der Waals surface area contributed by atoms with Gasteiger partial charge in [-0.25, -0.2) is 4.98 Å². The summed E-state index contributed by atoms with van der Waals surface area (Å²) in [4.78, 5) is 13.2. The number of benzene rings is 1. The molecular formula is C19H20N4. The smallest absolute Gasteiger partial charge is 0.0892 e. The van der Waals surface area contributed by atoms with E-state index < -0.39 is 0 Å². The Balaban J connectivity index is 2.42. The fraction of sp³-hybridized carbons (Fsp3) is 0.158. The Bertz CT molecular complexity index is 859. The van der Waals surface area contributed by atoms with Crippen LogP contribution in [-0.4, -0.2) is 22.4 Å². The lowest BCUT2D eigenvalue weighted by Crippen LogP contribution is -2.30. The summed E-state index contributed by atoms with van der Waals surface area (Å²) in [7, 11) is 0. The number of aromatic nitrogens is 2. The Labute approximate surface area is 136 Å². The zero-order chi connectivity index (χ0) is 16.7. The van der Waals surface area contributed by atoms with Crippen molar-refractivity contribution >= 4 is 30.2 Å². The molecule has 4 heteroatoms. The first-order valence-electron chi connectivity index (χ1n) is 7.48. The van der Waals surface area contributed by atoms with E-state index in [4.69, 9.17) is 5.41 Å². The molecule has 0 bridgehead atoms. The molecule has 0 saturated heterocycles. The number of allylic oxidation sites excluding steroid dienone is 1. The lowest BCUT2D eigenvalue weighted by atomic mass is 10.0. The van der Waals surface area contributed by atoms with Crippen LogP contribution in [0.15, 0.2) is 41.7 Å². The van der Waals surface area contributed by atoms with Crippen molar-refractivity contribution in [1.29, 1.82) is 5.41 Å². The first kappa shape index (κ1) is 16.5. The Kier molecular flexibility index (Phi) is 5.69. The number of nitrogens with one attached hydrogen (secondary N) is 1. The second-order valence-corrected chi connectivity index (χ2v) is 4.82. The normalized spacial score (nSPS) is 13.8. The minimum Gasteiger partial charge on any atom is -0.308 e. The first-order valence-corrected chi connectivity index (χ1v) is 7.48. The molecule has 1 heterocycles. The quantitative estimate of drug-likeness (QED) is 0.883. The fourth-order valence-electron chi connectivity index (χ4n) is 2.17. The van der Waals surface area contributed by atoms with Crippen molar-refractivity contribution in [3.8, 4) is 11.3 Å². The molecule has 2 rings (SSSR count). The van der Waals surface area contributed by atoms with E-state index in [0.29, 0.717) is 0 Å². The zero-order valence-corrected chi connectivity index (χ0v) is 13.6. The average molecular weight is 304 g/mol. The van der Waals surface area contributed by atoms with E-state index in [1.54, 1.807) is 18.6 Å². The van der Waals surface area contributed by atoms with Gasteiger partial charge in [-0.1, -0.05) is 36.4 Å². The van der Waals surface area contributed by atoms with Crippen LogP contribution >= 0.6 is 0 Å². The monoisotopic (exact) mass is 304 g/mol. The van der Waals surface area contributed by atoms with Crippen molar-refractivity contribution in [2.75, 3.05) is 0 Å². The minimum atomic E-state index is 0.763. The highest BCUT2D eigenvalue weighted by Gasteiger charge is 2.03. The third-order valence-corrected chi connectivity index (χ3v) is 3.41. The SMILES string of the molecule is CC=N/C=C(\C=N)c1ccc(-c2cnc(=C/C)/c(=C\C)n2)cc1. The van der Waals surface area contributed by atoms with Crippen LogP contribution in [-0.2, 0) is 0 Å². The molecule has 0 saturated carbocycles. The number of aliphatic imine (C=N–C) groups is 1. The van der Waals surface area contributed by atoms with Gasteiger partial charge in [-0.05, 0) is 26.3 Å². The molecule has 0 radical (unpaired) electrons. The van der Waals surface area contributed by atoms with Crippen LogP contribution in [0, 0.1) is 5.41 Å². The summed E-state index contributed by atoms with van der Waals surface area (Å²) in [5, 5.41) is 9.26. The highest BCUT2D eigenvalue weighted by Crippen LogP contribution is 2.19. The molecule has 0 amide bonds. The van der Waals surface area contributed by atoms with Crippen LogP contribution < -0.4 is 10.7 Å². The highest BCUT2D eigenvalue weighted by atomic mass is 14.8. The van der Waals surface area contributed by atoms with E-state index >= 15 is 0 Å². The van der Waals surface area contributed by atoms with Gasteiger partial charge in [-0.15, -0.1) is 0 Å². The molecular weight excluding hydrogens is 284 g/mol. The Morgan fingerprint density at radius 1 is 1.04 bits per heavy atom. The van der Waals surface area contributed by atoms with Crippen LogP contribution in [0.4, 0.5) is 0 Å². The fourth-order valence-corrected chi connectivity index (χ4v) is 2.17. The molecule has 0 aliphatic carbocycles. The van der Waals surface area contributed by atoms with Crippen molar-refractivity contribution in [2.24, 2.45) is 4.99 Å². The molecule has 23 heavy (non-hydrogen) atoms. The van der Waals surface area contributed by atoms with E-state index in [0.717, 1.165) is 33.1 Å². The topological polar surface area (TPSA) is 62.0 Å². The van der Waals surface area contributed by atoms with Gasteiger partial charge in [-0.2, -0.15) is 0 Å². The van der Waals surface area contributed by atoms with Crippen molar-refractivity contribution in [3.05, 3.63) is 52.9 Å². The van der Waals surface area contributed by atoms with Gasteiger partial charge in [0.2, 0.25) is 0 Å². The van der Waals surface area contributed by atoms with E-state index in [1.807, 2.05) is 57.2 Å². The molecule has 0 fully saturated rings. The molecule has 0 aliphatic rings. The van der Waals surface area contributed by atoms with Crippen LogP contribution in [0.3, 0.4) is 0 Å². The van der Waals surface area contributed by atoms with Gasteiger partial charge in [0.25, 0.3) is 0 Å². The van der Waals surface area contributed by atoms with Crippen molar-refractivity contribution in [1.82, 2.24) is 9.97 Å².